The van der Waals surface area contributed by atoms with Crippen LogP contribution < -0.4 is 4.74 Å². The summed E-state index contributed by atoms with van der Waals surface area (Å²) in [7, 11) is -0.453. The van der Waals surface area contributed by atoms with E-state index >= 15 is 0 Å². The largest absolute Gasteiger partial charge is 0.403 e. The maximum atomic E-state index is 13.7. The highest BCUT2D eigenvalue weighted by Crippen LogP contribution is 2.30. The molecule has 3 rings (SSSR count). The van der Waals surface area contributed by atoms with Crippen LogP contribution >= 0.6 is 0 Å². The van der Waals surface area contributed by atoms with Gasteiger partial charge in [-0.1, -0.05) is 5.92 Å². The standard InChI is InChI=1S/C24H26N4O6S/c1-8-16(29)11-18-13(2)17(9-10-20(18)35(7,32)33)22(30)21-15(4)26-28(6)23(21)34-24(31)19-12-27(5)25-14(19)3/h1,9-10,12,16,29H,11H2,2-7H3. The van der Waals surface area contributed by atoms with Crippen molar-refractivity contribution >= 4 is 21.6 Å². The molecule has 184 valence electrons. The third-order valence-corrected chi connectivity index (χ3v) is 6.79. The molecule has 0 spiro atoms. The van der Waals surface area contributed by atoms with Gasteiger partial charge in [-0.15, -0.1) is 6.42 Å². The Morgan fingerprint density at radius 1 is 1.14 bits per heavy atom. The Morgan fingerprint density at radius 3 is 2.34 bits per heavy atom. The molecule has 11 heteroatoms. The number of aliphatic hydroxyl groups excluding tert-OH is 1. The Kier molecular flexibility index (Phi) is 7.01. The van der Waals surface area contributed by atoms with Crippen LogP contribution in [0.3, 0.4) is 0 Å². The average molecular weight is 499 g/mol. The minimum atomic E-state index is -3.66. The van der Waals surface area contributed by atoms with E-state index in [4.69, 9.17) is 11.2 Å². The van der Waals surface area contributed by atoms with E-state index < -0.39 is 27.7 Å². The lowest BCUT2D eigenvalue weighted by atomic mass is 9.93. The number of hydrogen-bond acceptors (Lipinski definition) is 8. The Labute approximate surface area is 203 Å². The van der Waals surface area contributed by atoms with E-state index in [0.29, 0.717) is 17.0 Å². The molecule has 0 aliphatic rings. The van der Waals surface area contributed by atoms with E-state index in [0.717, 1.165) is 6.26 Å². The van der Waals surface area contributed by atoms with Gasteiger partial charge < -0.3 is 9.84 Å². The molecule has 2 heterocycles. The molecule has 0 bridgehead atoms. The summed E-state index contributed by atoms with van der Waals surface area (Å²) in [5, 5.41) is 18.4. The first-order chi connectivity index (χ1) is 16.3. The molecule has 0 aliphatic heterocycles. The quantitative estimate of drug-likeness (QED) is 0.294. The van der Waals surface area contributed by atoms with Crippen molar-refractivity contribution in [3.05, 3.63) is 57.5 Å². The van der Waals surface area contributed by atoms with Gasteiger partial charge in [-0.2, -0.15) is 10.2 Å². The van der Waals surface area contributed by atoms with Crippen molar-refractivity contribution in [2.45, 2.75) is 38.2 Å². The Morgan fingerprint density at radius 2 is 1.80 bits per heavy atom. The lowest BCUT2D eigenvalue weighted by Crippen LogP contribution is -2.17. The maximum absolute atomic E-state index is 13.7. The van der Waals surface area contributed by atoms with Crippen molar-refractivity contribution in [2.75, 3.05) is 6.26 Å². The summed E-state index contributed by atoms with van der Waals surface area (Å²) in [6, 6.07) is 2.70. The molecule has 0 saturated carbocycles. The first-order valence-corrected chi connectivity index (χ1v) is 12.4. The van der Waals surface area contributed by atoms with Crippen LogP contribution in [0, 0.1) is 33.1 Å². The highest BCUT2D eigenvalue weighted by Gasteiger charge is 2.29. The van der Waals surface area contributed by atoms with Crippen molar-refractivity contribution in [1.82, 2.24) is 19.6 Å². The molecule has 0 fully saturated rings. The number of ketones is 1. The van der Waals surface area contributed by atoms with Crippen molar-refractivity contribution in [3.63, 3.8) is 0 Å². The lowest BCUT2D eigenvalue weighted by Gasteiger charge is -2.16. The van der Waals surface area contributed by atoms with Gasteiger partial charge in [-0.25, -0.2) is 17.9 Å². The molecule has 0 amide bonds. The van der Waals surface area contributed by atoms with Gasteiger partial charge in [0.2, 0.25) is 11.7 Å². The topological polar surface area (TPSA) is 133 Å². The normalized spacial score (nSPS) is 12.3. The molecule has 3 aromatic rings. The molecule has 1 atom stereocenters. The van der Waals surface area contributed by atoms with Crippen LogP contribution in [0.15, 0.2) is 23.2 Å². The van der Waals surface area contributed by atoms with E-state index in [2.05, 4.69) is 16.1 Å². The summed E-state index contributed by atoms with van der Waals surface area (Å²) in [4.78, 5) is 26.5. The van der Waals surface area contributed by atoms with Gasteiger partial charge in [0.25, 0.3) is 0 Å². The number of sulfone groups is 1. The van der Waals surface area contributed by atoms with E-state index in [1.807, 2.05) is 0 Å². The number of esters is 1. The van der Waals surface area contributed by atoms with Crippen molar-refractivity contribution < 1.29 is 27.9 Å². The van der Waals surface area contributed by atoms with Gasteiger partial charge in [0.05, 0.1) is 16.3 Å². The fourth-order valence-corrected chi connectivity index (χ4v) is 4.92. The van der Waals surface area contributed by atoms with Crippen LogP contribution in [0.25, 0.3) is 0 Å². The summed E-state index contributed by atoms with van der Waals surface area (Å²) < 4.78 is 33.0. The highest BCUT2D eigenvalue weighted by molar-refractivity contribution is 7.90. The molecule has 0 radical (unpaired) electrons. The Bertz CT molecular complexity index is 1490. The van der Waals surface area contributed by atoms with Crippen molar-refractivity contribution in [2.24, 2.45) is 14.1 Å². The molecule has 1 N–H and O–H groups in total. The minimum Gasteiger partial charge on any atom is -0.403 e. The van der Waals surface area contributed by atoms with E-state index in [1.54, 1.807) is 27.8 Å². The molecule has 0 aliphatic carbocycles. The summed E-state index contributed by atoms with van der Waals surface area (Å²) in [5.74, 6) is 0.887. The number of carbonyl (C=O) groups is 2. The Balaban J connectivity index is 2.12. The highest BCUT2D eigenvalue weighted by atomic mass is 32.2. The van der Waals surface area contributed by atoms with Crippen molar-refractivity contribution in [3.8, 4) is 18.2 Å². The first-order valence-electron chi connectivity index (χ1n) is 10.5. The monoisotopic (exact) mass is 498 g/mol. The van der Waals surface area contributed by atoms with Crippen LogP contribution in [0.2, 0.25) is 0 Å². The van der Waals surface area contributed by atoms with Gasteiger partial charge in [0, 0.05) is 38.5 Å². The second kappa shape index (κ2) is 9.48. The molecule has 1 unspecified atom stereocenters. The minimum absolute atomic E-state index is 0.0255. The van der Waals surface area contributed by atoms with E-state index in [1.165, 1.54) is 34.7 Å². The fraction of sp³-hybridized carbons (Fsp3) is 0.333. The number of ether oxygens (including phenoxy) is 1. The maximum Gasteiger partial charge on any atom is 0.348 e. The molecule has 35 heavy (non-hydrogen) atoms. The summed E-state index contributed by atoms with van der Waals surface area (Å²) >= 11 is 0. The zero-order valence-corrected chi connectivity index (χ0v) is 21.1. The number of aliphatic hydroxyl groups is 1. The van der Waals surface area contributed by atoms with Crippen LogP contribution in [0.1, 0.15) is 48.8 Å². The second-order valence-electron chi connectivity index (χ2n) is 8.28. The lowest BCUT2D eigenvalue weighted by molar-refractivity contribution is 0.0717. The van der Waals surface area contributed by atoms with Gasteiger partial charge in [0.1, 0.15) is 17.2 Å². The van der Waals surface area contributed by atoms with Crippen molar-refractivity contribution in [1.29, 1.82) is 0 Å². The van der Waals surface area contributed by atoms with E-state index in [-0.39, 0.29) is 39.5 Å². The fourth-order valence-electron chi connectivity index (χ4n) is 3.92. The second-order valence-corrected chi connectivity index (χ2v) is 10.3. The van der Waals surface area contributed by atoms with Gasteiger partial charge in [-0.05, 0) is 44.0 Å². The summed E-state index contributed by atoms with van der Waals surface area (Å²) in [6.07, 6.45) is 6.45. The van der Waals surface area contributed by atoms with Gasteiger partial charge in [0.15, 0.2) is 9.84 Å². The first kappa shape index (κ1) is 25.9. The number of carbonyl (C=O) groups excluding carboxylic acids is 2. The van der Waals surface area contributed by atoms with Crippen LogP contribution in [-0.2, 0) is 30.4 Å². The number of benzene rings is 1. The Hall–Kier alpha value is -3.75. The predicted octanol–water partition coefficient (Wildman–Crippen LogP) is 1.47. The zero-order valence-electron chi connectivity index (χ0n) is 20.3. The molecule has 2 aromatic heterocycles. The molecular weight excluding hydrogens is 472 g/mol. The molecule has 10 nitrogen and oxygen atoms in total. The number of hydrogen-bond donors (Lipinski definition) is 1. The third-order valence-electron chi connectivity index (χ3n) is 5.61. The SMILES string of the molecule is C#CC(O)Cc1c(S(C)(=O)=O)ccc(C(=O)c2c(C)nn(C)c2OC(=O)c2cn(C)nc2C)c1C. The van der Waals surface area contributed by atoms with Crippen LogP contribution in [0.5, 0.6) is 5.88 Å². The smallest absolute Gasteiger partial charge is 0.348 e. The number of aryl methyl sites for hydroxylation is 4. The zero-order chi connectivity index (χ0) is 26.2. The number of nitrogens with zero attached hydrogens (tertiary/aromatic N) is 4. The van der Waals surface area contributed by atoms with Gasteiger partial charge in [-0.3, -0.25) is 9.48 Å². The summed E-state index contributed by atoms with van der Waals surface area (Å²) in [6.45, 7) is 4.84. The average Bonchev–Trinajstić information content (AvgIpc) is 3.24. The third kappa shape index (κ3) is 5.03. The molecule has 0 saturated heterocycles. The van der Waals surface area contributed by atoms with Gasteiger partial charge >= 0.3 is 5.97 Å². The van der Waals surface area contributed by atoms with Crippen LogP contribution in [-0.4, -0.2) is 57.2 Å². The number of rotatable bonds is 7. The molecular formula is C24H26N4O6S. The molecule has 1 aromatic carbocycles. The summed E-state index contributed by atoms with van der Waals surface area (Å²) in [5.41, 5.74) is 1.84. The van der Waals surface area contributed by atoms with E-state index in [9.17, 15) is 23.1 Å². The number of aromatic nitrogens is 4. The predicted molar refractivity (Wildman–Crippen MR) is 127 cm³/mol. The number of terminal acetylenes is 1. The van der Waals surface area contributed by atoms with Crippen LogP contribution in [0.4, 0.5) is 0 Å².